The monoisotopic (exact) mass is 359 g/mol. The van der Waals surface area contributed by atoms with Crippen molar-refractivity contribution in [3.8, 4) is 0 Å². The van der Waals surface area contributed by atoms with E-state index in [9.17, 15) is 0 Å². The number of hydrogen-bond acceptors (Lipinski definition) is 1. The maximum absolute atomic E-state index is 3.67. The van der Waals surface area contributed by atoms with Crippen molar-refractivity contribution in [2.75, 3.05) is 5.32 Å². The molecule has 0 radical (unpaired) electrons. The molecule has 0 bridgehead atoms. The quantitative estimate of drug-likeness (QED) is 0.739. The Hall–Kier alpha value is -0.0200. The standard InChI is InChI=1S/C14H19Br2N/c1-9-5-10(2)7-12(6-9)17-14-8-11(15)3-4-13(14)16/h3-4,8-10,12,17H,5-7H2,1-2H3. The zero-order valence-electron chi connectivity index (χ0n) is 10.3. The van der Waals surface area contributed by atoms with E-state index in [0.717, 1.165) is 20.8 Å². The van der Waals surface area contributed by atoms with Crippen LogP contribution in [0.5, 0.6) is 0 Å². The molecule has 0 aliphatic heterocycles. The highest BCUT2D eigenvalue weighted by Crippen LogP contribution is 2.33. The third kappa shape index (κ3) is 3.72. The summed E-state index contributed by atoms with van der Waals surface area (Å²) >= 11 is 7.13. The molecule has 0 amide bonds. The van der Waals surface area contributed by atoms with E-state index in [2.05, 4.69) is 69.2 Å². The second-order valence-electron chi connectivity index (χ2n) is 5.38. The lowest BCUT2D eigenvalue weighted by Gasteiger charge is -2.32. The van der Waals surface area contributed by atoms with Crippen molar-refractivity contribution in [3.05, 3.63) is 27.1 Å². The van der Waals surface area contributed by atoms with E-state index in [1.165, 1.54) is 24.9 Å². The molecule has 1 aliphatic rings. The van der Waals surface area contributed by atoms with Crippen LogP contribution < -0.4 is 5.32 Å². The Morgan fingerprint density at radius 3 is 2.35 bits per heavy atom. The van der Waals surface area contributed by atoms with Gasteiger partial charge in [0.15, 0.2) is 0 Å². The van der Waals surface area contributed by atoms with Gasteiger partial charge in [0.05, 0.1) is 0 Å². The smallest absolute Gasteiger partial charge is 0.0498 e. The summed E-state index contributed by atoms with van der Waals surface area (Å²) in [5.41, 5.74) is 1.20. The maximum Gasteiger partial charge on any atom is 0.0498 e. The van der Waals surface area contributed by atoms with Crippen molar-refractivity contribution in [2.24, 2.45) is 11.8 Å². The molecule has 0 aromatic heterocycles. The van der Waals surface area contributed by atoms with Gasteiger partial charge in [0.1, 0.15) is 0 Å². The fourth-order valence-corrected chi connectivity index (χ4v) is 3.62. The van der Waals surface area contributed by atoms with Gasteiger partial charge in [0, 0.05) is 20.7 Å². The second-order valence-corrected chi connectivity index (χ2v) is 7.15. The lowest BCUT2D eigenvalue weighted by molar-refractivity contribution is 0.281. The molecule has 3 heteroatoms. The highest BCUT2D eigenvalue weighted by atomic mass is 79.9. The molecule has 1 aromatic carbocycles. The predicted molar refractivity (Wildman–Crippen MR) is 81.4 cm³/mol. The van der Waals surface area contributed by atoms with Crippen molar-refractivity contribution in [1.82, 2.24) is 0 Å². The van der Waals surface area contributed by atoms with E-state index in [4.69, 9.17) is 0 Å². The maximum atomic E-state index is 3.67. The van der Waals surface area contributed by atoms with Crippen LogP contribution in [0.4, 0.5) is 5.69 Å². The highest BCUT2D eigenvalue weighted by Gasteiger charge is 2.24. The van der Waals surface area contributed by atoms with Gasteiger partial charge in [0.2, 0.25) is 0 Å². The fourth-order valence-electron chi connectivity index (χ4n) is 2.89. The van der Waals surface area contributed by atoms with Gasteiger partial charge in [-0.2, -0.15) is 0 Å². The molecule has 0 heterocycles. The molecule has 0 saturated heterocycles. The van der Waals surface area contributed by atoms with Gasteiger partial charge in [0.25, 0.3) is 0 Å². The summed E-state index contributed by atoms with van der Waals surface area (Å²) < 4.78 is 2.27. The SMILES string of the molecule is CC1CC(C)CC(Nc2cc(Br)ccc2Br)C1. The average Bonchev–Trinajstić information content (AvgIpc) is 2.22. The number of halogens is 2. The number of rotatable bonds is 2. The summed E-state index contributed by atoms with van der Waals surface area (Å²) in [5, 5.41) is 3.67. The third-order valence-corrected chi connectivity index (χ3v) is 4.65. The summed E-state index contributed by atoms with van der Waals surface area (Å²) in [6.07, 6.45) is 3.93. The van der Waals surface area contributed by atoms with E-state index in [1.807, 2.05) is 0 Å². The van der Waals surface area contributed by atoms with Crippen LogP contribution in [0, 0.1) is 11.8 Å². The minimum atomic E-state index is 0.611. The molecular formula is C14H19Br2N. The van der Waals surface area contributed by atoms with E-state index in [1.54, 1.807) is 0 Å². The first-order valence-corrected chi connectivity index (χ1v) is 7.84. The van der Waals surface area contributed by atoms with Gasteiger partial charge >= 0.3 is 0 Å². The van der Waals surface area contributed by atoms with Crippen molar-refractivity contribution < 1.29 is 0 Å². The first-order chi connectivity index (χ1) is 8.04. The van der Waals surface area contributed by atoms with Crippen molar-refractivity contribution in [3.63, 3.8) is 0 Å². The molecule has 1 aromatic rings. The Labute approximate surface area is 121 Å². The second kappa shape index (κ2) is 5.75. The summed E-state index contributed by atoms with van der Waals surface area (Å²) in [6, 6.07) is 6.90. The van der Waals surface area contributed by atoms with Crippen LogP contribution in [-0.4, -0.2) is 6.04 Å². The lowest BCUT2D eigenvalue weighted by atomic mass is 9.80. The number of hydrogen-bond donors (Lipinski definition) is 1. The van der Waals surface area contributed by atoms with E-state index >= 15 is 0 Å². The van der Waals surface area contributed by atoms with Crippen LogP contribution in [0.25, 0.3) is 0 Å². The zero-order chi connectivity index (χ0) is 12.4. The van der Waals surface area contributed by atoms with Gasteiger partial charge in [-0.3, -0.25) is 0 Å². The normalized spacial score (nSPS) is 29.1. The van der Waals surface area contributed by atoms with Crippen LogP contribution in [0.3, 0.4) is 0 Å². The van der Waals surface area contributed by atoms with Gasteiger partial charge < -0.3 is 5.32 Å². The lowest BCUT2D eigenvalue weighted by Crippen LogP contribution is -2.30. The number of anilines is 1. The minimum absolute atomic E-state index is 0.611. The topological polar surface area (TPSA) is 12.0 Å². The zero-order valence-corrected chi connectivity index (χ0v) is 13.5. The van der Waals surface area contributed by atoms with Gasteiger partial charge in [-0.1, -0.05) is 29.8 Å². The summed E-state index contributed by atoms with van der Waals surface area (Å²) in [4.78, 5) is 0. The van der Waals surface area contributed by atoms with Crippen molar-refractivity contribution in [2.45, 2.75) is 39.2 Å². The Morgan fingerprint density at radius 1 is 1.06 bits per heavy atom. The molecular weight excluding hydrogens is 342 g/mol. The van der Waals surface area contributed by atoms with Crippen LogP contribution in [-0.2, 0) is 0 Å². The van der Waals surface area contributed by atoms with Gasteiger partial charge in [-0.25, -0.2) is 0 Å². The molecule has 2 unspecified atom stereocenters. The molecule has 2 rings (SSSR count). The molecule has 1 nitrogen and oxygen atoms in total. The minimum Gasteiger partial charge on any atom is -0.381 e. The molecule has 2 atom stereocenters. The molecule has 0 spiro atoms. The summed E-state index contributed by atoms with van der Waals surface area (Å²) in [6.45, 7) is 4.72. The number of nitrogens with one attached hydrogen (secondary N) is 1. The van der Waals surface area contributed by atoms with E-state index in [-0.39, 0.29) is 0 Å². The molecule has 17 heavy (non-hydrogen) atoms. The number of benzene rings is 1. The van der Waals surface area contributed by atoms with Crippen molar-refractivity contribution in [1.29, 1.82) is 0 Å². The van der Waals surface area contributed by atoms with Crippen LogP contribution in [0.1, 0.15) is 33.1 Å². The highest BCUT2D eigenvalue weighted by molar-refractivity contribution is 9.11. The van der Waals surface area contributed by atoms with Crippen molar-refractivity contribution >= 4 is 37.5 Å². The Bertz CT molecular complexity index is 382. The van der Waals surface area contributed by atoms with E-state index in [0.29, 0.717) is 6.04 Å². The molecule has 94 valence electrons. The molecule has 1 N–H and O–H groups in total. The molecule has 1 aliphatic carbocycles. The Kier molecular flexibility index (Phi) is 4.53. The Balaban J connectivity index is 2.07. The average molecular weight is 361 g/mol. The van der Waals surface area contributed by atoms with Gasteiger partial charge in [-0.15, -0.1) is 0 Å². The fraction of sp³-hybridized carbons (Fsp3) is 0.571. The van der Waals surface area contributed by atoms with Crippen LogP contribution in [0.15, 0.2) is 27.1 Å². The molecule has 1 fully saturated rings. The van der Waals surface area contributed by atoms with Gasteiger partial charge in [-0.05, 0) is 65.2 Å². The van der Waals surface area contributed by atoms with E-state index < -0.39 is 0 Å². The first-order valence-electron chi connectivity index (χ1n) is 6.26. The summed E-state index contributed by atoms with van der Waals surface area (Å²) in [7, 11) is 0. The summed E-state index contributed by atoms with van der Waals surface area (Å²) in [5.74, 6) is 1.67. The van der Waals surface area contributed by atoms with Crippen LogP contribution >= 0.6 is 31.9 Å². The van der Waals surface area contributed by atoms with Crippen LogP contribution in [0.2, 0.25) is 0 Å². The Morgan fingerprint density at radius 2 is 1.71 bits per heavy atom. The predicted octanol–water partition coefficient (Wildman–Crippen LogP) is 5.45. The first kappa shape index (κ1) is 13.4. The third-order valence-electron chi connectivity index (χ3n) is 3.47. The largest absolute Gasteiger partial charge is 0.381 e. The molecule has 1 saturated carbocycles.